The van der Waals surface area contributed by atoms with E-state index in [2.05, 4.69) is 11.1 Å². The van der Waals surface area contributed by atoms with E-state index in [9.17, 15) is 4.79 Å². The molecule has 0 saturated heterocycles. The van der Waals surface area contributed by atoms with Crippen molar-refractivity contribution in [2.45, 2.75) is 6.42 Å². The molecule has 0 aliphatic heterocycles. The summed E-state index contributed by atoms with van der Waals surface area (Å²) in [5, 5.41) is 0. The summed E-state index contributed by atoms with van der Waals surface area (Å²) >= 11 is 1.59. The number of carbonyl (C=O) groups is 1. The molecule has 0 fully saturated rings. The lowest BCUT2D eigenvalue weighted by Crippen LogP contribution is -1.89. The van der Waals surface area contributed by atoms with Crippen LogP contribution < -0.4 is 4.74 Å². The van der Waals surface area contributed by atoms with E-state index in [1.165, 1.54) is 10.4 Å². The van der Waals surface area contributed by atoms with Crippen molar-refractivity contribution in [2.75, 3.05) is 7.11 Å². The van der Waals surface area contributed by atoms with Crippen molar-refractivity contribution in [1.29, 1.82) is 0 Å². The standard InChI is InChI=1S/C14H12N2O2S/c1-18-12-4-2-3-10(5-12)6-13-8-16-11(9-17)7-15-14(16)19-13/h2-5,7-9H,6H2,1H3. The highest BCUT2D eigenvalue weighted by molar-refractivity contribution is 7.17. The van der Waals surface area contributed by atoms with Crippen LogP contribution in [0.4, 0.5) is 0 Å². The van der Waals surface area contributed by atoms with Gasteiger partial charge in [-0.3, -0.25) is 9.20 Å². The number of fused-ring (bicyclic) bond motifs is 1. The molecule has 2 aromatic heterocycles. The molecular weight excluding hydrogens is 260 g/mol. The van der Waals surface area contributed by atoms with Gasteiger partial charge in [0.25, 0.3) is 0 Å². The average Bonchev–Trinajstić information content (AvgIpc) is 2.98. The Bertz CT molecular complexity index is 730. The predicted octanol–water partition coefficient (Wildman–Crippen LogP) is 2.81. The Morgan fingerprint density at radius 2 is 2.37 bits per heavy atom. The van der Waals surface area contributed by atoms with Crippen LogP contribution in [-0.2, 0) is 6.42 Å². The molecule has 2 heterocycles. The minimum atomic E-state index is 0.586. The first-order chi connectivity index (χ1) is 9.30. The maximum atomic E-state index is 10.9. The van der Waals surface area contributed by atoms with Crippen LogP contribution in [0.2, 0.25) is 0 Å². The van der Waals surface area contributed by atoms with Crippen molar-refractivity contribution in [3.63, 3.8) is 0 Å². The number of carbonyl (C=O) groups excluding carboxylic acids is 1. The molecule has 5 heteroatoms. The first-order valence-corrected chi connectivity index (χ1v) is 6.65. The predicted molar refractivity (Wildman–Crippen MR) is 74.3 cm³/mol. The number of nitrogens with zero attached hydrogens (tertiary/aromatic N) is 2. The van der Waals surface area contributed by atoms with Crippen LogP contribution in [0.1, 0.15) is 20.9 Å². The number of rotatable bonds is 4. The fourth-order valence-corrected chi connectivity index (χ4v) is 2.99. The summed E-state index contributed by atoms with van der Waals surface area (Å²) in [5.41, 5.74) is 1.76. The van der Waals surface area contributed by atoms with Crippen molar-refractivity contribution >= 4 is 22.6 Å². The quantitative estimate of drug-likeness (QED) is 0.686. The molecular formula is C14H12N2O2S. The summed E-state index contributed by atoms with van der Waals surface area (Å²) in [7, 11) is 1.66. The first kappa shape index (κ1) is 11.9. The number of hydrogen-bond acceptors (Lipinski definition) is 4. The molecule has 0 radical (unpaired) electrons. The van der Waals surface area contributed by atoms with Gasteiger partial charge in [-0.2, -0.15) is 0 Å². The largest absolute Gasteiger partial charge is 0.497 e. The third-order valence-corrected chi connectivity index (χ3v) is 3.92. The van der Waals surface area contributed by atoms with Crippen LogP contribution in [0.3, 0.4) is 0 Å². The smallest absolute Gasteiger partial charge is 0.194 e. The van der Waals surface area contributed by atoms with Crippen molar-refractivity contribution in [2.24, 2.45) is 0 Å². The molecule has 3 rings (SSSR count). The number of imidazole rings is 1. The molecule has 0 spiro atoms. The van der Waals surface area contributed by atoms with Gasteiger partial charge in [0.15, 0.2) is 11.2 Å². The highest BCUT2D eigenvalue weighted by Gasteiger charge is 2.08. The second-order valence-electron chi connectivity index (χ2n) is 4.18. The Morgan fingerprint density at radius 1 is 1.47 bits per heavy atom. The van der Waals surface area contributed by atoms with E-state index in [1.54, 1.807) is 24.6 Å². The van der Waals surface area contributed by atoms with Crippen LogP contribution in [0.5, 0.6) is 5.75 Å². The van der Waals surface area contributed by atoms with Gasteiger partial charge in [0.2, 0.25) is 0 Å². The monoisotopic (exact) mass is 272 g/mol. The lowest BCUT2D eigenvalue weighted by molar-refractivity contribution is 0.111. The molecule has 0 aliphatic rings. The summed E-state index contributed by atoms with van der Waals surface area (Å²) in [6.07, 6.45) is 5.19. The maximum Gasteiger partial charge on any atom is 0.194 e. The minimum absolute atomic E-state index is 0.586. The van der Waals surface area contributed by atoms with E-state index in [0.717, 1.165) is 23.4 Å². The van der Waals surface area contributed by atoms with E-state index >= 15 is 0 Å². The molecule has 4 nitrogen and oxygen atoms in total. The van der Waals surface area contributed by atoms with Gasteiger partial charge in [-0.1, -0.05) is 12.1 Å². The van der Waals surface area contributed by atoms with Gasteiger partial charge < -0.3 is 4.74 Å². The zero-order valence-electron chi connectivity index (χ0n) is 10.4. The normalized spacial score (nSPS) is 10.8. The van der Waals surface area contributed by atoms with Crippen molar-refractivity contribution in [3.05, 3.63) is 52.8 Å². The Hall–Kier alpha value is -2.14. The summed E-state index contributed by atoms with van der Waals surface area (Å²) in [5.74, 6) is 0.854. The van der Waals surface area contributed by atoms with E-state index in [4.69, 9.17) is 4.74 Å². The topological polar surface area (TPSA) is 43.6 Å². The third-order valence-electron chi connectivity index (χ3n) is 2.92. The van der Waals surface area contributed by atoms with Crippen molar-refractivity contribution < 1.29 is 9.53 Å². The molecule has 0 saturated carbocycles. The van der Waals surface area contributed by atoms with E-state index < -0.39 is 0 Å². The SMILES string of the molecule is COc1cccc(Cc2cn3c(C=O)cnc3s2)c1. The van der Waals surface area contributed by atoms with Crippen LogP contribution in [0, 0.1) is 0 Å². The zero-order chi connectivity index (χ0) is 13.2. The van der Waals surface area contributed by atoms with Gasteiger partial charge >= 0.3 is 0 Å². The minimum Gasteiger partial charge on any atom is -0.497 e. The van der Waals surface area contributed by atoms with Gasteiger partial charge in [-0.15, -0.1) is 11.3 Å². The van der Waals surface area contributed by atoms with Gasteiger partial charge in [-0.05, 0) is 17.7 Å². The molecule has 0 unspecified atom stereocenters. The summed E-state index contributed by atoms with van der Waals surface area (Å²) in [6.45, 7) is 0. The Morgan fingerprint density at radius 3 is 3.16 bits per heavy atom. The van der Waals surface area contributed by atoms with Crippen molar-refractivity contribution in [1.82, 2.24) is 9.38 Å². The molecule has 3 aromatic rings. The number of aromatic nitrogens is 2. The first-order valence-electron chi connectivity index (χ1n) is 5.84. The highest BCUT2D eigenvalue weighted by atomic mass is 32.1. The summed E-state index contributed by atoms with van der Waals surface area (Å²) in [6, 6.07) is 7.98. The average molecular weight is 272 g/mol. The molecule has 0 atom stereocenters. The van der Waals surface area contributed by atoms with E-state index in [1.807, 2.05) is 28.8 Å². The number of hydrogen-bond donors (Lipinski definition) is 0. The summed E-state index contributed by atoms with van der Waals surface area (Å²) in [4.78, 5) is 17.1. The van der Waals surface area contributed by atoms with E-state index in [0.29, 0.717) is 5.69 Å². The number of benzene rings is 1. The highest BCUT2D eigenvalue weighted by Crippen LogP contribution is 2.22. The molecule has 1 aromatic carbocycles. The fraction of sp³-hybridized carbons (Fsp3) is 0.143. The third kappa shape index (κ3) is 2.24. The number of aldehydes is 1. The summed E-state index contributed by atoms with van der Waals surface area (Å²) < 4.78 is 7.04. The molecule has 0 aliphatic carbocycles. The van der Waals surface area contributed by atoms with Crippen LogP contribution >= 0.6 is 11.3 Å². The Balaban J connectivity index is 1.91. The van der Waals surface area contributed by atoms with E-state index in [-0.39, 0.29) is 0 Å². The number of thiazole rings is 1. The molecule has 19 heavy (non-hydrogen) atoms. The van der Waals surface area contributed by atoms with Gasteiger partial charge in [-0.25, -0.2) is 4.98 Å². The number of ether oxygens (including phenoxy) is 1. The Kier molecular flexibility index (Phi) is 3.05. The second kappa shape index (κ2) is 4.85. The Labute approximate surface area is 114 Å². The van der Waals surface area contributed by atoms with Gasteiger partial charge in [0.05, 0.1) is 13.3 Å². The fourth-order valence-electron chi connectivity index (χ4n) is 2.00. The van der Waals surface area contributed by atoms with Crippen LogP contribution in [0.15, 0.2) is 36.7 Å². The molecule has 96 valence electrons. The maximum absolute atomic E-state index is 10.9. The lowest BCUT2D eigenvalue weighted by atomic mass is 10.1. The van der Waals surface area contributed by atoms with Crippen LogP contribution in [0.25, 0.3) is 4.96 Å². The molecule has 0 bridgehead atoms. The van der Waals surface area contributed by atoms with Gasteiger partial charge in [0, 0.05) is 17.5 Å². The molecule has 0 N–H and O–H groups in total. The lowest BCUT2D eigenvalue weighted by Gasteiger charge is -2.02. The van der Waals surface area contributed by atoms with Crippen molar-refractivity contribution in [3.8, 4) is 5.75 Å². The second-order valence-corrected chi connectivity index (χ2v) is 5.27. The van der Waals surface area contributed by atoms with Crippen LogP contribution in [-0.4, -0.2) is 22.8 Å². The molecule has 0 amide bonds. The zero-order valence-corrected chi connectivity index (χ0v) is 11.2. The van der Waals surface area contributed by atoms with Gasteiger partial charge in [0.1, 0.15) is 11.4 Å². The number of methoxy groups -OCH3 is 1.